The van der Waals surface area contributed by atoms with E-state index in [0.717, 1.165) is 17.2 Å². The van der Waals surface area contributed by atoms with Crippen molar-refractivity contribution in [2.24, 2.45) is 10.2 Å². The number of rotatable bonds is 1. The van der Waals surface area contributed by atoms with Crippen molar-refractivity contribution in [2.75, 3.05) is 5.32 Å². The molecule has 15 heavy (non-hydrogen) atoms. The van der Waals surface area contributed by atoms with Crippen LogP contribution in [0.2, 0.25) is 0 Å². The lowest BCUT2D eigenvalue weighted by molar-refractivity contribution is 0.702. The van der Waals surface area contributed by atoms with Gasteiger partial charge < -0.3 is 5.32 Å². The van der Waals surface area contributed by atoms with Crippen LogP contribution in [-0.4, -0.2) is 10.4 Å². The normalized spacial score (nSPS) is 23.8. The van der Waals surface area contributed by atoms with Crippen LogP contribution < -0.4 is 5.32 Å². The fourth-order valence-corrected chi connectivity index (χ4v) is 1.58. The van der Waals surface area contributed by atoms with Crippen molar-refractivity contribution in [1.82, 2.24) is 4.98 Å². The first-order chi connectivity index (χ1) is 6.98. The lowest BCUT2D eigenvalue weighted by Gasteiger charge is -2.25. The van der Waals surface area contributed by atoms with Gasteiger partial charge >= 0.3 is 0 Å². The van der Waals surface area contributed by atoms with Crippen molar-refractivity contribution in [3.05, 3.63) is 17.8 Å². The van der Waals surface area contributed by atoms with E-state index in [0.29, 0.717) is 5.92 Å². The lowest BCUT2D eigenvalue weighted by atomic mass is 10.1. The fourth-order valence-electron chi connectivity index (χ4n) is 1.38. The Morgan fingerprint density at radius 3 is 2.80 bits per heavy atom. The van der Waals surface area contributed by atoms with Crippen molar-refractivity contribution in [3.8, 4) is 0 Å². The van der Waals surface area contributed by atoms with Crippen LogP contribution in [0, 0.1) is 0 Å². The summed E-state index contributed by atoms with van der Waals surface area (Å²) in [6.45, 7) is 6.19. The Labute approximate surface area is 91.8 Å². The summed E-state index contributed by atoms with van der Waals surface area (Å²) in [7, 11) is 2.61. The summed E-state index contributed by atoms with van der Waals surface area (Å²) in [5.41, 5.74) is 1.87. The highest BCUT2D eigenvalue weighted by molar-refractivity contribution is 7.19. The van der Waals surface area contributed by atoms with Gasteiger partial charge in [-0.25, -0.2) is 4.98 Å². The SMILES string of the molecule is CC(C)c1ccc2c(n1)NC(C)(P)N=N2. The van der Waals surface area contributed by atoms with Gasteiger partial charge in [0.2, 0.25) is 0 Å². The number of anilines is 1. The molecule has 1 N–H and O–H groups in total. The number of aromatic nitrogens is 1. The van der Waals surface area contributed by atoms with Gasteiger partial charge in [-0.3, -0.25) is 0 Å². The summed E-state index contributed by atoms with van der Waals surface area (Å²) in [5, 5.41) is 11.0. The average Bonchev–Trinajstić information content (AvgIpc) is 2.15. The molecule has 0 saturated heterocycles. The summed E-state index contributed by atoms with van der Waals surface area (Å²) in [5.74, 6) is 1.24. The molecule has 0 saturated carbocycles. The van der Waals surface area contributed by atoms with Gasteiger partial charge in [-0.05, 0) is 25.0 Å². The standard InChI is InChI=1S/C10H15N4P/c1-6(2)7-4-5-8-9(11-7)12-10(3,15)14-13-8/h4-6H,15H2,1-3H3,(H,11,12). The molecule has 0 radical (unpaired) electrons. The quantitative estimate of drug-likeness (QED) is 0.741. The molecule has 0 aliphatic carbocycles. The van der Waals surface area contributed by atoms with Gasteiger partial charge in [0.1, 0.15) is 5.69 Å². The molecule has 0 fully saturated rings. The summed E-state index contributed by atoms with van der Waals surface area (Å²) < 4.78 is 0. The maximum Gasteiger partial charge on any atom is 0.161 e. The Kier molecular flexibility index (Phi) is 2.47. The number of hydrogen-bond acceptors (Lipinski definition) is 4. The van der Waals surface area contributed by atoms with E-state index >= 15 is 0 Å². The third-order valence-electron chi connectivity index (χ3n) is 2.22. The van der Waals surface area contributed by atoms with E-state index in [1.54, 1.807) is 0 Å². The smallest absolute Gasteiger partial charge is 0.161 e. The zero-order valence-corrected chi connectivity index (χ0v) is 10.3. The number of pyridine rings is 1. The van der Waals surface area contributed by atoms with Crippen molar-refractivity contribution >= 4 is 20.7 Å². The first-order valence-electron chi connectivity index (χ1n) is 4.99. The van der Waals surface area contributed by atoms with Crippen LogP contribution in [0.5, 0.6) is 0 Å². The number of nitrogens with one attached hydrogen (secondary N) is 1. The molecule has 1 aliphatic heterocycles. The Hall–Kier alpha value is -1.02. The first-order valence-corrected chi connectivity index (χ1v) is 5.56. The van der Waals surface area contributed by atoms with E-state index in [-0.39, 0.29) is 0 Å². The number of hydrogen-bond donors (Lipinski definition) is 1. The minimum atomic E-state index is -0.435. The van der Waals surface area contributed by atoms with Crippen molar-refractivity contribution in [1.29, 1.82) is 0 Å². The number of azo groups is 1. The third kappa shape index (κ3) is 2.15. The molecule has 2 unspecified atom stereocenters. The van der Waals surface area contributed by atoms with E-state index in [4.69, 9.17) is 0 Å². The Morgan fingerprint density at radius 1 is 1.40 bits per heavy atom. The highest BCUT2D eigenvalue weighted by Crippen LogP contribution is 2.35. The lowest BCUT2D eigenvalue weighted by Crippen LogP contribution is -2.26. The molecule has 1 aliphatic rings. The minimum Gasteiger partial charge on any atom is -0.340 e. The molecule has 0 spiro atoms. The van der Waals surface area contributed by atoms with E-state index in [9.17, 15) is 0 Å². The summed E-state index contributed by atoms with van der Waals surface area (Å²) in [6, 6.07) is 3.95. The van der Waals surface area contributed by atoms with Crippen LogP contribution in [-0.2, 0) is 0 Å². The molecule has 5 heteroatoms. The molecule has 80 valence electrons. The molecular weight excluding hydrogens is 207 g/mol. The molecule has 2 rings (SSSR count). The van der Waals surface area contributed by atoms with Crippen LogP contribution in [0.4, 0.5) is 11.5 Å². The maximum atomic E-state index is 4.53. The van der Waals surface area contributed by atoms with Gasteiger partial charge in [-0.1, -0.05) is 23.1 Å². The molecule has 4 nitrogen and oxygen atoms in total. The molecule has 0 bridgehead atoms. The van der Waals surface area contributed by atoms with Gasteiger partial charge in [0.05, 0.1) is 0 Å². The van der Waals surface area contributed by atoms with Crippen LogP contribution in [0.3, 0.4) is 0 Å². The molecule has 2 heterocycles. The largest absolute Gasteiger partial charge is 0.340 e. The molecular formula is C10H15N4P. The first kappa shape index (κ1) is 10.5. The van der Waals surface area contributed by atoms with Crippen molar-refractivity contribution < 1.29 is 0 Å². The second kappa shape index (κ2) is 3.53. The maximum absolute atomic E-state index is 4.53. The van der Waals surface area contributed by atoms with Crippen LogP contribution in [0.15, 0.2) is 22.4 Å². The number of fused-ring (bicyclic) bond motifs is 1. The topological polar surface area (TPSA) is 49.6 Å². The molecule has 1 aromatic heterocycles. The zero-order chi connectivity index (χ0) is 11.1. The van der Waals surface area contributed by atoms with Crippen molar-refractivity contribution in [3.63, 3.8) is 0 Å². The summed E-state index contributed by atoms with van der Waals surface area (Å²) in [6.07, 6.45) is 0. The Morgan fingerprint density at radius 2 is 2.13 bits per heavy atom. The van der Waals surface area contributed by atoms with Gasteiger partial charge in [-0.2, -0.15) is 5.11 Å². The van der Waals surface area contributed by atoms with E-state index in [1.165, 1.54) is 0 Å². The van der Waals surface area contributed by atoms with Crippen LogP contribution in [0.1, 0.15) is 32.4 Å². The van der Waals surface area contributed by atoms with Gasteiger partial charge in [-0.15, -0.1) is 5.11 Å². The fraction of sp³-hybridized carbons (Fsp3) is 0.500. The third-order valence-corrected chi connectivity index (χ3v) is 2.48. The minimum absolute atomic E-state index is 0.423. The second-order valence-corrected chi connectivity index (χ2v) is 5.36. The van der Waals surface area contributed by atoms with Gasteiger partial charge in [0, 0.05) is 5.69 Å². The molecule has 0 amide bonds. The van der Waals surface area contributed by atoms with Crippen LogP contribution in [0.25, 0.3) is 0 Å². The Balaban J connectivity index is 2.42. The monoisotopic (exact) mass is 222 g/mol. The second-order valence-electron chi connectivity index (χ2n) is 4.23. The highest BCUT2D eigenvalue weighted by Gasteiger charge is 2.23. The van der Waals surface area contributed by atoms with E-state index in [2.05, 4.69) is 43.6 Å². The van der Waals surface area contributed by atoms with Crippen LogP contribution >= 0.6 is 9.24 Å². The average molecular weight is 222 g/mol. The highest BCUT2D eigenvalue weighted by atomic mass is 31.0. The molecule has 1 aromatic rings. The predicted octanol–water partition coefficient (Wildman–Crippen LogP) is 3.26. The van der Waals surface area contributed by atoms with E-state index < -0.39 is 5.40 Å². The summed E-state index contributed by atoms with van der Waals surface area (Å²) in [4.78, 5) is 4.53. The van der Waals surface area contributed by atoms with Gasteiger partial charge in [0.25, 0.3) is 0 Å². The van der Waals surface area contributed by atoms with E-state index in [1.807, 2.05) is 19.1 Å². The molecule has 2 atom stereocenters. The molecule has 0 aromatic carbocycles. The number of nitrogens with zero attached hydrogens (tertiary/aromatic N) is 3. The summed E-state index contributed by atoms with van der Waals surface area (Å²) >= 11 is 0. The zero-order valence-electron chi connectivity index (χ0n) is 9.15. The predicted molar refractivity (Wildman–Crippen MR) is 64.6 cm³/mol. The Bertz CT molecular complexity index is 412. The van der Waals surface area contributed by atoms with Crippen molar-refractivity contribution in [2.45, 2.75) is 32.1 Å². The van der Waals surface area contributed by atoms with Gasteiger partial charge in [0.15, 0.2) is 11.2 Å².